The summed E-state index contributed by atoms with van der Waals surface area (Å²) >= 11 is 7.04. The molecule has 736 valence electrons. The van der Waals surface area contributed by atoms with Gasteiger partial charge in [-0.2, -0.15) is 94.1 Å². The number of hydrogen-bond donors (Lipinski definition) is 24. The second-order valence-electron chi connectivity index (χ2n) is 30.7. The molecule has 0 aromatic carbocycles. The second-order valence-corrected chi connectivity index (χ2v) is 39.9. The van der Waals surface area contributed by atoms with E-state index in [2.05, 4.69) is 0 Å². The molecule has 0 aromatic rings. The molecular formula is C72H112O48S8. The lowest BCUT2D eigenvalue weighted by molar-refractivity contribution is -0.396. The molecule has 30 saturated heterocycles. The summed E-state index contributed by atoms with van der Waals surface area (Å²) in [6.07, 6.45) is -85.9. The van der Waals surface area contributed by atoms with Crippen LogP contribution in [-0.4, -0.2) is 508 Å². The zero-order valence-electron chi connectivity index (χ0n) is 67.9. The van der Waals surface area contributed by atoms with E-state index in [1.54, 1.807) is 0 Å². The van der Waals surface area contributed by atoms with Gasteiger partial charge in [0, 0.05) is 92.0 Å². The summed E-state index contributed by atoms with van der Waals surface area (Å²) in [7, 11) is 0. The number of aliphatic carboxylic acids is 8. The Labute approximate surface area is 763 Å². The van der Waals surface area contributed by atoms with Gasteiger partial charge >= 0.3 is 47.8 Å². The predicted molar refractivity (Wildman–Crippen MR) is 441 cm³/mol. The van der Waals surface area contributed by atoms with Crippen LogP contribution < -0.4 is 0 Å². The first kappa shape index (κ1) is 109. The number of aliphatic hydroxyl groups is 16. The van der Waals surface area contributed by atoms with Crippen LogP contribution in [0.15, 0.2) is 0 Å². The number of hydrogen-bond acceptors (Lipinski definition) is 48. The molecule has 0 aliphatic carbocycles. The monoisotopic (exact) mass is 2000 g/mol. The average Bonchev–Trinajstić information content (AvgIpc) is 0.766. The molecule has 2 unspecified atom stereocenters. The van der Waals surface area contributed by atoms with E-state index in [1.165, 1.54) is 0 Å². The van der Waals surface area contributed by atoms with Crippen molar-refractivity contribution < 1.29 is 237 Å². The van der Waals surface area contributed by atoms with Gasteiger partial charge < -0.3 is 198 Å². The summed E-state index contributed by atoms with van der Waals surface area (Å²) < 4.78 is 100. The Hall–Kier alpha value is -2.72. The number of ether oxygens (including phenoxy) is 16. The maximum absolute atomic E-state index is 12.3. The third-order valence-corrected chi connectivity index (χ3v) is 29.9. The molecule has 16 bridgehead atoms. The molecule has 40 atom stereocenters. The third kappa shape index (κ3) is 30.6. The second kappa shape index (κ2) is 52.7. The van der Waals surface area contributed by atoms with Crippen molar-refractivity contribution in [1.29, 1.82) is 0 Å². The molecule has 0 radical (unpaired) electrons. The highest BCUT2D eigenvalue weighted by molar-refractivity contribution is 8.00. The fourth-order valence-electron chi connectivity index (χ4n) is 14.7. The minimum Gasteiger partial charge on any atom is -0.481 e. The molecule has 30 aliphatic rings. The predicted octanol–water partition coefficient (Wildman–Crippen LogP) is -7.68. The largest absolute Gasteiger partial charge is 0.481 e. The van der Waals surface area contributed by atoms with Crippen molar-refractivity contribution in [2.24, 2.45) is 0 Å². The van der Waals surface area contributed by atoms with Gasteiger partial charge in [0.15, 0.2) is 50.3 Å². The lowest BCUT2D eigenvalue weighted by Crippen LogP contribution is -2.69. The van der Waals surface area contributed by atoms with Crippen LogP contribution >= 0.6 is 94.1 Å². The molecule has 0 spiro atoms. The minimum atomic E-state index is -2.33. The van der Waals surface area contributed by atoms with Crippen molar-refractivity contribution in [2.75, 3.05) is 92.0 Å². The van der Waals surface area contributed by atoms with Crippen molar-refractivity contribution in [3.63, 3.8) is 0 Å². The number of rotatable bonds is 40. The molecule has 0 amide bonds. The first-order valence-corrected chi connectivity index (χ1v) is 49.7. The van der Waals surface area contributed by atoms with Gasteiger partial charge in [0.25, 0.3) is 0 Å². The molecule has 24 N–H and O–H groups in total. The van der Waals surface area contributed by atoms with Crippen molar-refractivity contribution in [2.45, 2.75) is 297 Å². The molecule has 128 heavy (non-hydrogen) atoms. The summed E-state index contributed by atoms with van der Waals surface area (Å²) in [6.45, 7) is 0. The highest BCUT2D eigenvalue weighted by atomic mass is 32.2. The van der Waals surface area contributed by atoms with Crippen molar-refractivity contribution in [1.82, 2.24) is 0 Å². The van der Waals surface area contributed by atoms with E-state index in [4.69, 9.17) is 75.8 Å². The summed E-state index contributed by atoms with van der Waals surface area (Å²) in [6, 6.07) is 0. The fraction of sp³-hybridized carbons (Fsp3) is 0.889. The molecule has 56 heteroatoms. The van der Waals surface area contributed by atoms with Gasteiger partial charge in [-0.25, -0.2) is 0 Å². The van der Waals surface area contributed by atoms with Gasteiger partial charge in [0.2, 0.25) is 0 Å². The van der Waals surface area contributed by atoms with E-state index in [0.717, 1.165) is 94.1 Å². The van der Waals surface area contributed by atoms with E-state index >= 15 is 0 Å². The van der Waals surface area contributed by atoms with Crippen LogP contribution in [0.2, 0.25) is 0 Å². The quantitative estimate of drug-likeness (QED) is 0.0253. The van der Waals surface area contributed by atoms with E-state index < -0.39 is 345 Å². The topological polar surface area (TPSA) is 770 Å². The Morgan fingerprint density at radius 2 is 0.250 bits per heavy atom. The number of carboxylic acids is 8. The Morgan fingerprint density at radius 1 is 0.156 bits per heavy atom. The molecule has 30 fully saturated rings. The summed E-state index contributed by atoms with van der Waals surface area (Å²) in [5, 5.41) is 272. The lowest BCUT2D eigenvalue weighted by Gasteiger charge is -2.51. The maximum atomic E-state index is 12.3. The number of carbonyl (C=O) groups is 8. The van der Waals surface area contributed by atoms with Crippen LogP contribution in [0, 0.1) is 0 Å². The zero-order chi connectivity index (χ0) is 93.7. The van der Waals surface area contributed by atoms with Crippen LogP contribution in [0.4, 0.5) is 0 Å². The van der Waals surface area contributed by atoms with E-state index in [-0.39, 0.29) is 92.0 Å². The van der Waals surface area contributed by atoms with Crippen LogP contribution in [0.3, 0.4) is 0 Å². The summed E-state index contributed by atoms with van der Waals surface area (Å²) in [5.74, 6) is -14.4. The molecule has 0 aromatic heterocycles. The first-order valence-electron chi connectivity index (χ1n) is 40.5. The SMILES string of the molecule is O=C(O)CCSC[C@H]1O[C@@H]2O[C@H]3[C@H](O)[C@@H](O)[C@@H](O[C@H]4[C@H](O)[C@@H](O)[C@@H](O[C@H]5[C@H](O)[C@@H](O)[C@@H](O[C@H]6[C@H](O)[C@@H](O)[C@@H](O[C@H]7[C@H](O)[C@@H](O)[C@@H](O[C@H]8[C@H](O)C(O)[C@@H](O[C@H]9[C@H](O)C(O)[C@@H](O[C@H]1[C@H](O)[C@H]2O)O[C@@H]9CSCCC(=O)O)O[C@@H]8CSCCC(=O)O)O[C@@H]7CSCCC(=O)O)O[C@@H]6CSCCC(=O)O)O[C@@H]5CSCCC(=O)O)O[C@@H]4CSCCC(=O)O)O[C@@H]3CSCCC(=O)O. The first-order chi connectivity index (χ1) is 60.7. The van der Waals surface area contributed by atoms with Crippen LogP contribution in [-0.2, 0) is 114 Å². The van der Waals surface area contributed by atoms with Crippen molar-refractivity contribution >= 4 is 142 Å². The van der Waals surface area contributed by atoms with Crippen LogP contribution in [0.5, 0.6) is 0 Å². The van der Waals surface area contributed by atoms with Gasteiger partial charge in [-0.1, -0.05) is 0 Å². The molecule has 48 nitrogen and oxygen atoms in total. The van der Waals surface area contributed by atoms with Crippen molar-refractivity contribution in [3.8, 4) is 0 Å². The standard InChI is InChI=1S/C72H112O48S8/c73-33(74)1-9-121-17-25-57-41(89)49(97)65(105-25)114-58-26(18-122-10-2-34(75)76)107-67(51(99)43(58)91)116-60-28(20-124-12-4-36(79)80)109-69(53(101)45(60)93)118-62-30(22-126-14-6-38(83)84)111-71(55(103)47(62)95)120-64-32(24-128-16-8-40(87)88)112-72(56(104)48(64)96)119-63-31(23-127-15-7-39(85)86)110-70(54(102)46(63)94)117-61-29(21-125-13-5-37(81)82)108-68(52(100)44(61)92)115-59-27(19-123-11-3-35(77)78)106-66(113-57)50(98)42(59)90/h25-32,41-72,89-104H,1-24H2,(H,73,74)(H,75,76)(H,77,78)(H,79,80)(H,81,82)(H,83,84)(H,85,86)(H,87,88)/t25-,26-,27-,28-,29-,30-,31-,32-,41-,42-,43-,44-,45-,46-,47-,48-,49-,50-,51-,52-,53-,54-,55?,56?,57-,58-,59-,60-,61-,62-,63-,64-,65-,66-,67-,68-,69-,70-,71-,72-/m1/s1. The van der Waals surface area contributed by atoms with E-state index in [0.29, 0.717) is 0 Å². The molecule has 30 heterocycles. The summed E-state index contributed by atoms with van der Waals surface area (Å²) in [5.41, 5.74) is 0. The molecule has 30 rings (SSSR count). The van der Waals surface area contributed by atoms with Crippen molar-refractivity contribution in [3.05, 3.63) is 0 Å². The zero-order valence-corrected chi connectivity index (χ0v) is 74.4. The minimum absolute atomic E-state index is 0.159. The summed E-state index contributed by atoms with van der Waals surface area (Å²) in [4.78, 5) is 94.3. The Morgan fingerprint density at radius 3 is 0.336 bits per heavy atom. The van der Waals surface area contributed by atoms with E-state index in [1.807, 2.05) is 0 Å². The maximum Gasteiger partial charge on any atom is 0.304 e. The van der Waals surface area contributed by atoms with Crippen LogP contribution in [0.25, 0.3) is 0 Å². The molecule has 0 saturated carbocycles. The Balaban J connectivity index is 1.12. The van der Waals surface area contributed by atoms with E-state index in [9.17, 15) is 161 Å². The van der Waals surface area contributed by atoms with Gasteiger partial charge in [0.05, 0.1) is 100 Å². The van der Waals surface area contributed by atoms with Gasteiger partial charge in [-0.3, -0.25) is 38.4 Å². The Bertz CT molecular complexity index is 2830. The lowest BCUT2D eigenvalue weighted by atomic mass is 9.95. The third-order valence-electron chi connectivity index (χ3n) is 21.4. The number of thioether (sulfide) groups is 8. The van der Waals surface area contributed by atoms with Gasteiger partial charge in [-0.05, 0) is 0 Å². The van der Waals surface area contributed by atoms with Crippen LogP contribution in [0.1, 0.15) is 51.4 Å². The fourth-order valence-corrected chi connectivity index (χ4v) is 22.6. The Kier molecular flexibility index (Phi) is 44.9. The highest BCUT2D eigenvalue weighted by Gasteiger charge is 2.61. The number of carboxylic acid groups (broad SMARTS) is 8. The normalized spacial score (nSPS) is 41.5. The highest BCUT2D eigenvalue weighted by Crippen LogP contribution is 2.43. The molecule has 30 aliphatic heterocycles. The smallest absolute Gasteiger partial charge is 0.304 e. The van der Waals surface area contributed by atoms with Gasteiger partial charge in [0.1, 0.15) is 146 Å². The molecular weight excluding hydrogens is 1890 g/mol. The number of aliphatic hydroxyl groups excluding tert-OH is 16. The van der Waals surface area contributed by atoms with Gasteiger partial charge in [-0.15, -0.1) is 0 Å². The average molecular weight is 2000 g/mol.